The number of pyridine rings is 1. The van der Waals surface area contributed by atoms with E-state index in [4.69, 9.17) is 0 Å². The van der Waals surface area contributed by atoms with Gasteiger partial charge in [0.15, 0.2) is 0 Å². The zero-order chi connectivity index (χ0) is 20.4. The van der Waals surface area contributed by atoms with Gasteiger partial charge in [0.05, 0.1) is 12.2 Å². The maximum atomic E-state index is 14.6. The lowest BCUT2D eigenvalue weighted by Crippen LogP contribution is -2.38. The van der Waals surface area contributed by atoms with Crippen LogP contribution >= 0.6 is 0 Å². The fraction of sp³-hybridized carbons (Fsp3) is 0.200. The lowest BCUT2D eigenvalue weighted by atomic mass is 9.79. The monoisotopic (exact) mass is 396 g/mol. The van der Waals surface area contributed by atoms with E-state index in [0.717, 1.165) is 23.4 Å². The summed E-state index contributed by atoms with van der Waals surface area (Å²) in [6.07, 6.45) is 6.04. The molecule has 0 aliphatic rings. The molecule has 3 heterocycles. The first-order valence-corrected chi connectivity index (χ1v) is 8.93. The minimum Gasteiger partial charge on any atom is -0.382 e. The van der Waals surface area contributed by atoms with Crippen LogP contribution in [0.3, 0.4) is 0 Å². The summed E-state index contributed by atoms with van der Waals surface area (Å²) < 4.78 is 29.5. The van der Waals surface area contributed by atoms with E-state index < -0.39 is 23.2 Å². The zero-order valence-electron chi connectivity index (χ0n) is 15.5. The van der Waals surface area contributed by atoms with Crippen molar-refractivity contribution in [3.05, 3.63) is 84.3 Å². The molecule has 0 unspecified atom stereocenters. The maximum absolute atomic E-state index is 14.6. The van der Waals surface area contributed by atoms with Crippen LogP contribution in [0.25, 0.3) is 11.3 Å². The standard InChI is InChI=1S/C20H18F2N6O/c1-13(18-5-2-14(9-24-18)19-6-7-25-27-19)20(29,10-28-12-23-11-26-28)16-4-3-15(21)8-17(16)22/h2-9,11-13,29H,10H2,1H3,(H,25,27)/t13-,20+/m0/s1. The van der Waals surface area contributed by atoms with Crippen LogP contribution < -0.4 is 0 Å². The van der Waals surface area contributed by atoms with Crippen LogP contribution in [0.2, 0.25) is 0 Å². The van der Waals surface area contributed by atoms with Gasteiger partial charge in [-0.05, 0) is 24.3 Å². The Morgan fingerprint density at radius 2 is 2.07 bits per heavy atom. The van der Waals surface area contributed by atoms with Crippen molar-refractivity contribution in [2.45, 2.75) is 25.0 Å². The number of hydrogen-bond donors (Lipinski definition) is 2. The second-order valence-corrected chi connectivity index (χ2v) is 6.81. The molecule has 0 amide bonds. The molecule has 0 aliphatic carbocycles. The van der Waals surface area contributed by atoms with Gasteiger partial charge < -0.3 is 5.11 Å². The second kappa shape index (κ2) is 7.51. The van der Waals surface area contributed by atoms with Crippen LogP contribution in [0.5, 0.6) is 0 Å². The van der Waals surface area contributed by atoms with Gasteiger partial charge in [-0.1, -0.05) is 13.0 Å². The molecule has 9 heteroatoms. The molecule has 2 atom stereocenters. The van der Waals surface area contributed by atoms with Crippen molar-refractivity contribution < 1.29 is 13.9 Å². The lowest BCUT2D eigenvalue weighted by Gasteiger charge is -2.34. The molecule has 0 bridgehead atoms. The van der Waals surface area contributed by atoms with Gasteiger partial charge in [-0.3, -0.25) is 10.1 Å². The minimum atomic E-state index is -1.74. The molecule has 0 radical (unpaired) electrons. The van der Waals surface area contributed by atoms with E-state index in [0.29, 0.717) is 5.69 Å². The lowest BCUT2D eigenvalue weighted by molar-refractivity contribution is -0.0123. The number of rotatable bonds is 6. The summed E-state index contributed by atoms with van der Waals surface area (Å²) >= 11 is 0. The molecule has 7 nitrogen and oxygen atoms in total. The second-order valence-electron chi connectivity index (χ2n) is 6.81. The molecule has 0 fully saturated rings. The fourth-order valence-corrected chi connectivity index (χ4v) is 3.34. The van der Waals surface area contributed by atoms with Gasteiger partial charge in [0.1, 0.15) is 29.9 Å². The van der Waals surface area contributed by atoms with Gasteiger partial charge in [0.2, 0.25) is 0 Å². The number of aromatic amines is 1. The van der Waals surface area contributed by atoms with Crippen LogP contribution in [0, 0.1) is 11.6 Å². The summed E-state index contributed by atoms with van der Waals surface area (Å²) in [4.78, 5) is 8.32. The van der Waals surface area contributed by atoms with Gasteiger partial charge in [0, 0.05) is 41.2 Å². The molecule has 2 N–H and O–H groups in total. The van der Waals surface area contributed by atoms with Crippen molar-refractivity contribution >= 4 is 0 Å². The van der Waals surface area contributed by atoms with Gasteiger partial charge in [-0.2, -0.15) is 10.2 Å². The Bertz CT molecular complexity index is 1080. The Morgan fingerprint density at radius 3 is 2.69 bits per heavy atom. The third-order valence-corrected chi connectivity index (χ3v) is 5.03. The van der Waals surface area contributed by atoms with E-state index in [-0.39, 0.29) is 12.1 Å². The van der Waals surface area contributed by atoms with Gasteiger partial charge in [-0.25, -0.2) is 18.4 Å². The molecule has 148 valence electrons. The molecular formula is C20H18F2N6O. The molecular weight excluding hydrogens is 378 g/mol. The molecule has 0 aliphatic heterocycles. The summed E-state index contributed by atoms with van der Waals surface area (Å²) in [6.45, 7) is 1.65. The van der Waals surface area contributed by atoms with E-state index in [2.05, 4.69) is 25.3 Å². The van der Waals surface area contributed by atoms with Gasteiger partial charge in [-0.15, -0.1) is 0 Å². The molecule has 4 aromatic rings. The summed E-state index contributed by atoms with van der Waals surface area (Å²) in [5.41, 5.74) is 0.389. The summed E-state index contributed by atoms with van der Waals surface area (Å²) in [7, 11) is 0. The van der Waals surface area contributed by atoms with E-state index in [1.165, 1.54) is 23.4 Å². The number of aliphatic hydroxyl groups is 1. The predicted molar refractivity (Wildman–Crippen MR) is 101 cm³/mol. The summed E-state index contributed by atoms with van der Waals surface area (Å²) in [6, 6.07) is 8.53. The van der Waals surface area contributed by atoms with Gasteiger partial charge in [0.25, 0.3) is 0 Å². The first-order valence-electron chi connectivity index (χ1n) is 8.93. The van der Waals surface area contributed by atoms with Crippen molar-refractivity contribution in [3.8, 4) is 11.3 Å². The first kappa shape index (κ1) is 18.9. The topological polar surface area (TPSA) is 92.5 Å². The quantitative estimate of drug-likeness (QED) is 0.523. The zero-order valence-corrected chi connectivity index (χ0v) is 15.5. The first-order chi connectivity index (χ1) is 14.0. The number of benzene rings is 1. The Kier molecular flexibility index (Phi) is 4.89. The summed E-state index contributed by atoms with van der Waals surface area (Å²) in [5.74, 6) is -2.19. The highest BCUT2D eigenvalue weighted by molar-refractivity contribution is 5.57. The number of halogens is 2. The van der Waals surface area contributed by atoms with Crippen molar-refractivity contribution in [1.82, 2.24) is 29.9 Å². The van der Waals surface area contributed by atoms with Crippen molar-refractivity contribution in [1.29, 1.82) is 0 Å². The Labute approximate surface area is 165 Å². The smallest absolute Gasteiger partial charge is 0.137 e. The predicted octanol–water partition coefficient (Wildman–Crippen LogP) is 3.03. The van der Waals surface area contributed by atoms with E-state index in [9.17, 15) is 13.9 Å². The maximum Gasteiger partial charge on any atom is 0.137 e. The van der Waals surface area contributed by atoms with Gasteiger partial charge >= 0.3 is 0 Å². The van der Waals surface area contributed by atoms with Crippen molar-refractivity contribution in [3.63, 3.8) is 0 Å². The van der Waals surface area contributed by atoms with Crippen LogP contribution in [0.4, 0.5) is 8.78 Å². The average molecular weight is 396 g/mol. The highest BCUT2D eigenvalue weighted by Crippen LogP contribution is 2.39. The van der Waals surface area contributed by atoms with E-state index >= 15 is 0 Å². The number of nitrogens with zero attached hydrogens (tertiary/aromatic N) is 5. The number of H-pyrrole nitrogens is 1. The highest BCUT2D eigenvalue weighted by Gasteiger charge is 2.40. The van der Waals surface area contributed by atoms with Crippen molar-refractivity contribution in [2.24, 2.45) is 0 Å². The van der Waals surface area contributed by atoms with Crippen LogP contribution in [0.15, 0.2) is 61.4 Å². The van der Waals surface area contributed by atoms with E-state index in [1.807, 2.05) is 12.1 Å². The number of aromatic nitrogens is 6. The Hall–Kier alpha value is -3.46. The number of hydrogen-bond acceptors (Lipinski definition) is 5. The Balaban J connectivity index is 1.74. The normalized spacial score (nSPS) is 14.5. The van der Waals surface area contributed by atoms with Crippen LogP contribution in [-0.2, 0) is 12.1 Å². The van der Waals surface area contributed by atoms with E-state index in [1.54, 1.807) is 25.4 Å². The highest BCUT2D eigenvalue weighted by atomic mass is 19.1. The largest absolute Gasteiger partial charge is 0.382 e. The molecule has 29 heavy (non-hydrogen) atoms. The Morgan fingerprint density at radius 1 is 1.21 bits per heavy atom. The molecule has 0 saturated heterocycles. The van der Waals surface area contributed by atoms with Crippen molar-refractivity contribution in [2.75, 3.05) is 0 Å². The third kappa shape index (κ3) is 3.64. The third-order valence-electron chi connectivity index (χ3n) is 5.03. The molecule has 3 aromatic heterocycles. The molecule has 0 spiro atoms. The van der Waals surface area contributed by atoms with Crippen LogP contribution in [-0.4, -0.2) is 35.1 Å². The van der Waals surface area contributed by atoms with Crippen LogP contribution in [0.1, 0.15) is 24.1 Å². The summed E-state index contributed by atoms with van der Waals surface area (Å²) in [5, 5.41) is 22.4. The number of nitrogens with one attached hydrogen (secondary N) is 1. The average Bonchev–Trinajstić information content (AvgIpc) is 3.41. The fourth-order valence-electron chi connectivity index (χ4n) is 3.34. The SMILES string of the molecule is C[C@@H](c1ccc(-c2ccn[nH]2)cn1)[C@](O)(Cn1cncn1)c1ccc(F)cc1F. The molecule has 0 saturated carbocycles. The minimum absolute atomic E-state index is 0.0404. The molecule has 4 rings (SSSR count). The molecule has 1 aromatic carbocycles.